The molecule has 0 fully saturated rings. The Bertz CT molecular complexity index is 801. The fourth-order valence-electron chi connectivity index (χ4n) is 2.35. The van der Waals surface area contributed by atoms with Crippen LogP contribution in [0.4, 0.5) is 5.69 Å². The Kier molecular flexibility index (Phi) is 3.86. The Hall–Kier alpha value is -1.26. The molecule has 0 radical (unpaired) electrons. The molecule has 0 spiro atoms. The second-order valence-corrected chi connectivity index (χ2v) is 6.30. The van der Waals surface area contributed by atoms with Gasteiger partial charge in [-0.05, 0) is 24.6 Å². The molecule has 0 atom stereocenters. The average Bonchev–Trinajstić information content (AvgIpc) is 2.74. The highest BCUT2D eigenvalue weighted by Gasteiger charge is 2.42. The van der Waals surface area contributed by atoms with Gasteiger partial charge in [-0.25, -0.2) is 4.90 Å². The van der Waals surface area contributed by atoms with Gasteiger partial charge >= 0.3 is 0 Å². The molecule has 3 rings (SSSR count). The van der Waals surface area contributed by atoms with Gasteiger partial charge in [0.1, 0.15) is 0 Å². The van der Waals surface area contributed by atoms with Gasteiger partial charge in [0.05, 0.1) is 36.9 Å². The minimum atomic E-state index is -0.573. The third kappa shape index (κ3) is 2.12. The normalized spacial score (nSPS) is 13.8. The van der Waals surface area contributed by atoms with E-state index in [9.17, 15) is 9.59 Å². The van der Waals surface area contributed by atoms with Gasteiger partial charge in [-0.15, -0.1) is 0 Å². The van der Waals surface area contributed by atoms with Crippen molar-refractivity contribution < 1.29 is 9.59 Å². The quantitative estimate of drug-likeness (QED) is 0.380. The Labute approximate surface area is 146 Å². The van der Waals surface area contributed by atoms with E-state index in [4.69, 9.17) is 46.4 Å². The molecule has 0 unspecified atom stereocenters. The third-order valence-electron chi connectivity index (χ3n) is 3.36. The summed E-state index contributed by atoms with van der Waals surface area (Å²) in [6, 6.07) is 6.97. The van der Waals surface area contributed by atoms with Gasteiger partial charge in [0.25, 0.3) is 11.8 Å². The Balaban J connectivity index is 2.26. The number of fused-ring (bicyclic) bond motifs is 1. The number of imide groups is 1. The van der Waals surface area contributed by atoms with Crippen molar-refractivity contribution >= 4 is 63.9 Å². The maximum Gasteiger partial charge on any atom is 0.267 e. The fourth-order valence-corrected chi connectivity index (χ4v) is 3.37. The van der Waals surface area contributed by atoms with E-state index in [-0.39, 0.29) is 31.2 Å². The van der Waals surface area contributed by atoms with E-state index in [0.717, 1.165) is 10.5 Å². The summed E-state index contributed by atoms with van der Waals surface area (Å²) in [4.78, 5) is 26.2. The van der Waals surface area contributed by atoms with E-state index in [0.29, 0.717) is 5.69 Å². The van der Waals surface area contributed by atoms with Gasteiger partial charge in [0, 0.05) is 0 Å². The van der Waals surface area contributed by atoms with Gasteiger partial charge < -0.3 is 0 Å². The Morgan fingerprint density at radius 2 is 1.32 bits per heavy atom. The lowest BCUT2D eigenvalue weighted by atomic mass is 10.1. The summed E-state index contributed by atoms with van der Waals surface area (Å²) >= 11 is 24.1. The van der Waals surface area contributed by atoms with Crippen LogP contribution in [0.15, 0.2) is 24.3 Å². The molecule has 1 aliphatic heterocycles. The second kappa shape index (κ2) is 5.43. The van der Waals surface area contributed by atoms with Crippen molar-refractivity contribution in [3.63, 3.8) is 0 Å². The second-order valence-electron chi connectivity index (χ2n) is 4.79. The van der Waals surface area contributed by atoms with Gasteiger partial charge in [0.15, 0.2) is 0 Å². The highest BCUT2D eigenvalue weighted by Crippen LogP contribution is 2.45. The van der Waals surface area contributed by atoms with Crippen LogP contribution in [-0.2, 0) is 0 Å². The Morgan fingerprint density at radius 1 is 0.818 bits per heavy atom. The lowest BCUT2D eigenvalue weighted by molar-refractivity contribution is 0.0926. The van der Waals surface area contributed by atoms with E-state index < -0.39 is 11.8 Å². The molecular weight excluding hydrogens is 368 g/mol. The number of halogens is 4. The first-order valence-corrected chi connectivity index (χ1v) is 7.67. The van der Waals surface area contributed by atoms with Crippen molar-refractivity contribution in [2.45, 2.75) is 6.92 Å². The molecule has 0 N–H and O–H groups in total. The van der Waals surface area contributed by atoms with E-state index in [1.165, 1.54) is 0 Å². The molecule has 0 saturated carbocycles. The summed E-state index contributed by atoms with van der Waals surface area (Å²) in [5, 5.41) is -0.224. The smallest absolute Gasteiger partial charge is 0.267 e. The molecular formula is C15H7Cl4NO2. The van der Waals surface area contributed by atoms with Crippen LogP contribution >= 0.6 is 46.4 Å². The van der Waals surface area contributed by atoms with Crippen LogP contribution in [0, 0.1) is 6.92 Å². The Morgan fingerprint density at radius 3 is 1.77 bits per heavy atom. The number of hydrogen-bond donors (Lipinski definition) is 0. The van der Waals surface area contributed by atoms with Crippen LogP contribution in [0.2, 0.25) is 20.1 Å². The summed E-state index contributed by atoms with van der Waals surface area (Å²) in [5.74, 6) is -1.15. The lowest BCUT2D eigenvalue weighted by Gasteiger charge is -2.14. The average molecular weight is 375 g/mol. The van der Waals surface area contributed by atoms with Crippen molar-refractivity contribution in [2.24, 2.45) is 0 Å². The molecule has 22 heavy (non-hydrogen) atoms. The van der Waals surface area contributed by atoms with Crippen LogP contribution in [0.5, 0.6) is 0 Å². The molecule has 2 aromatic rings. The fraction of sp³-hybridized carbons (Fsp3) is 0.0667. The molecule has 0 aromatic heterocycles. The van der Waals surface area contributed by atoms with Gasteiger partial charge in [-0.3, -0.25) is 9.59 Å². The zero-order valence-electron chi connectivity index (χ0n) is 11.1. The standard InChI is InChI=1S/C15H7Cl4NO2/c1-6-3-2-4-7(5-6)20-14(21)8-9(15(20)22)11(17)13(19)12(18)10(8)16/h2-5H,1H3. The van der Waals surface area contributed by atoms with Crippen molar-refractivity contribution in [3.05, 3.63) is 61.0 Å². The SMILES string of the molecule is Cc1cccc(N2C(=O)c3c(Cl)c(Cl)c(Cl)c(Cl)c3C2=O)c1. The number of nitrogens with zero attached hydrogens (tertiary/aromatic N) is 1. The molecule has 7 heteroatoms. The van der Waals surface area contributed by atoms with Crippen molar-refractivity contribution in [1.82, 2.24) is 0 Å². The van der Waals surface area contributed by atoms with Crippen molar-refractivity contribution in [2.75, 3.05) is 4.90 Å². The lowest BCUT2D eigenvalue weighted by Crippen LogP contribution is -2.29. The minimum absolute atomic E-state index is 0.0208. The summed E-state index contributed by atoms with van der Waals surface area (Å²) in [5.41, 5.74) is 1.30. The monoisotopic (exact) mass is 373 g/mol. The number of aryl methyl sites for hydroxylation is 1. The zero-order chi connectivity index (χ0) is 16.2. The molecule has 0 aliphatic carbocycles. The van der Waals surface area contributed by atoms with Gasteiger partial charge in [-0.2, -0.15) is 0 Å². The van der Waals surface area contributed by atoms with Crippen molar-refractivity contribution in [3.8, 4) is 0 Å². The van der Waals surface area contributed by atoms with E-state index >= 15 is 0 Å². The van der Waals surface area contributed by atoms with E-state index in [2.05, 4.69) is 0 Å². The molecule has 1 heterocycles. The van der Waals surface area contributed by atoms with E-state index in [1.54, 1.807) is 18.2 Å². The first-order chi connectivity index (χ1) is 10.3. The third-order valence-corrected chi connectivity index (χ3v) is 5.16. The number of carbonyl (C=O) groups is 2. The van der Waals surface area contributed by atoms with Crippen LogP contribution < -0.4 is 4.90 Å². The van der Waals surface area contributed by atoms with Crippen LogP contribution in [-0.4, -0.2) is 11.8 Å². The predicted molar refractivity (Wildman–Crippen MR) is 88.8 cm³/mol. The largest absolute Gasteiger partial charge is 0.268 e. The maximum absolute atomic E-state index is 12.6. The first kappa shape index (κ1) is 15.6. The molecule has 1 aliphatic rings. The summed E-state index contributed by atoms with van der Waals surface area (Å²) < 4.78 is 0. The highest BCUT2D eigenvalue weighted by atomic mass is 35.5. The molecule has 2 aromatic carbocycles. The summed E-state index contributed by atoms with van der Waals surface area (Å²) in [6.45, 7) is 1.86. The van der Waals surface area contributed by atoms with Crippen LogP contribution in [0.25, 0.3) is 0 Å². The highest BCUT2D eigenvalue weighted by molar-refractivity contribution is 6.56. The number of rotatable bonds is 1. The molecule has 112 valence electrons. The number of carbonyl (C=O) groups excluding carboxylic acids is 2. The molecule has 3 nitrogen and oxygen atoms in total. The number of benzene rings is 2. The van der Waals surface area contributed by atoms with Crippen LogP contribution in [0.1, 0.15) is 26.3 Å². The minimum Gasteiger partial charge on any atom is -0.268 e. The topological polar surface area (TPSA) is 37.4 Å². The molecule has 0 bridgehead atoms. The molecule has 0 saturated heterocycles. The number of amides is 2. The summed E-state index contributed by atoms with van der Waals surface area (Å²) in [7, 11) is 0. The number of anilines is 1. The van der Waals surface area contributed by atoms with Crippen LogP contribution in [0.3, 0.4) is 0 Å². The van der Waals surface area contributed by atoms with Crippen molar-refractivity contribution in [1.29, 1.82) is 0 Å². The molecule has 2 amide bonds. The maximum atomic E-state index is 12.6. The van der Waals surface area contributed by atoms with Gasteiger partial charge in [-0.1, -0.05) is 58.5 Å². The van der Waals surface area contributed by atoms with Gasteiger partial charge in [0.2, 0.25) is 0 Å². The summed E-state index contributed by atoms with van der Waals surface area (Å²) in [6.07, 6.45) is 0. The number of hydrogen-bond acceptors (Lipinski definition) is 2. The zero-order valence-corrected chi connectivity index (χ0v) is 14.1. The first-order valence-electron chi connectivity index (χ1n) is 6.16. The van der Waals surface area contributed by atoms with E-state index in [1.807, 2.05) is 13.0 Å². The predicted octanol–water partition coefficient (Wildman–Crippen LogP) is 5.41.